The van der Waals surface area contributed by atoms with Crippen LogP contribution in [0.4, 0.5) is 31.1 Å². The molecule has 3 fully saturated rings. The number of nitrogens with zero attached hydrogens (tertiary/aromatic N) is 4. The van der Waals surface area contributed by atoms with Crippen LogP contribution in [0.2, 0.25) is 0 Å². The van der Waals surface area contributed by atoms with E-state index in [0.29, 0.717) is 51.5 Å². The molecule has 0 aromatic heterocycles. The van der Waals surface area contributed by atoms with Crippen molar-refractivity contribution in [3.8, 4) is 0 Å². The lowest BCUT2D eigenvalue weighted by molar-refractivity contribution is -0.170. The molecule has 5 rings (SSSR count). The molecule has 46 heavy (non-hydrogen) atoms. The van der Waals surface area contributed by atoms with Crippen LogP contribution in [-0.4, -0.2) is 102 Å². The summed E-state index contributed by atoms with van der Waals surface area (Å²) in [6, 6.07) is 8.34. The van der Waals surface area contributed by atoms with Crippen LogP contribution in [0, 0.1) is 0 Å². The van der Waals surface area contributed by atoms with Crippen molar-refractivity contribution >= 4 is 17.9 Å². The van der Waals surface area contributed by atoms with E-state index in [1.807, 2.05) is 12.1 Å². The number of carbonyl (C=O) groups excluding carboxylic acids is 3. The number of rotatable bonds is 7. The van der Waals surface area contributed by atoms with Crippen LogP contribution in [0.5, 0.6) is 0 Å². The van der Waals surface area contributed by atoms with Crippen LogP contribution >= 0.6 is 0 Å². The zero-order chi connectivity index (χ0) is 33.2. The van der Waals surface area contributed by atoms with E-state index >= 15 is 0 Å². The number of ether oxygens (including phenoxy) is 2. The number of morpholine rings is 1. The summed E-state index contributed by atoms with van der Waals surface area (Å²) in [6.45, 7) is 4.01. The molecule has 2 unspecified atom stereocenters. The van der Waals surface area contributed by atoms with Gasteiger partial charge in [0.1, 0.15) is 18.8 Å². The van der Waals surface area contributed by atoms with Gasteiger partial charge in [0.15, 0.2) is 0 Å². The molecule has 0 aliphatic carbocycles. The Morgan fingerprint density at radius 3 is 2.15 bits per heavy atom. The Balaban J connectivity index is 1.42. The normalized spacial score (nSPS) is 23.0. The highest BCUT2D eigenvalue weighted by Crippen LogP contribution is 2.37. The second-order valence-corrected chi connectivity index (χ2v) is 11.6. The van der Waals surface area contributed by atoms with Crippen molar-refractivity contribution in [2.24, 2.45) is 0 Å². The third kappa shape index (κ3) is 7.57. The summed E-state index contributed by atoms with van der Waals surface area (Å²) < 4.78 is 91.4. The molecule has 0 spiro atoms. The molecule has 250 valence electrons. The van der Waals surface area contributed by atoms with Crippen LogP contribution in [0.1, 0.15) is 35.6 Å². The SMILES string of the molecule is C[C@H]1C(=O)N(CCN2CCOCC2)CC2N(C(=O)OCc3cc(C(F)(F)F)cc(C(F)(F)F)c3)C(Cc3ccccc3)CC(=O)N21. The Kier molecular flexibility index (Phi) is 9.82. The van der Waals surface area contributed by atoms with E-state index in [0.717, 1.165) is 5.56 Å². The van der Waals surface area contributed by atoms with E-state index in [-0.39, 0.29) is 37.3 Å². The summed E-state index contributed by atoms with van der Waals surface area (Å²) in [5.41, 5.74) is -2.76. The maximum absolute atomic E-state index is 13.8. The molecule has 3 saturated heterocycles. The minimum Gasteiger partial charge on any atom is -0.444 e. The average Bonchev–Trinajstić information content (AvgIpc) is 3.01. The second-order valence-electron chi connectivity index (χ2n) is 11.6. The molecule has 3 heterocycles. The third-order valence-electron chi connectivity index (χ3n) is 8.53. The molecule has 2 aromatic carbocycles. The highest BCUT2D eigenvalue weighted by molar-refractivity contribution is 5.90. The van der Waals surface area contributed by atoms with Gasteiger partial charge in [0, 0.05) is 38.6 Å². The quantitative estimate of drug-likeness (QED) is 0.412. The zero-order valence-electron chi connectivity index (χ0n) is 25.0. The fourth-order valence-electron chi connectivity index (χ4n) is 6.21. The fraction of sp³-hybridized carbons (Fsp3) is 0.516. The Hall–Kier alpha value is -3.85. The average molecular weight is 657 g/mol. The molecule has 3 amide bonds. The van der Waals surface area contributed by atoms with Crippen LogP contribution in [0.15, 0.2) is 48.5 Å². The fourth-order valence-corrected chi connectivity index (χ4v) is 6.21. The van der Waals surface area contributed by atoms with Crippen molar-refractivity contribution in [3.63, 3.8) is 0 Å². The highest BCUT2D eigenvalue weighted by Gasteiger charge is 2.51. The summed E-state index contributed by atoms with van der Waals surface area (Å²) in [6.07, 6.45) is -12.1. The van der Waals surface area contributed by atoms with Gasteiger partial charge in [-0.2, -0.15) is 26.3 Å². The maximum Gasteiger partial charge on any atom is 0.416 e. The molecule has 0 radical (unpaired) electrons. The summed E-state index contributed by atoms with van der Waals surface area (Å²) in [5.74, 6) is -0.646. The first-order chi connectivity index (χ1) is 21.7. The van der Waals surface area contributed by atoms with Gasteiger partial charge in [-0.3, -0.25) is 19.4 Å². The van der Waals surface area contributed by atoms with E-state index < -0.39 is 60.0 Å². The van der Waals surface area contributed by atoms with Gasteiger partial charge in [-0.1, -0.05) is 30.3 Å². The van der Waals surface area contributed by atoms with Crippen molar-refractivity contribution in [2.75, 3.05) is 45.9 Å². The number of hydrogen-bond acceptors (Lipinski definition) is 6. The number of benzene rings is 2. The van der Waals surface area contributed by atoms with E-state index in [1.165, 1.54) is 9.80 Å². The Morgan fingerprint density at radius 2 is 1.54 bits per heavy atom. The number of piperazine rings is 1. The Bertz CT molecular complexity index is 1380. The van der Waals surface area contributed by atoms with Gasteiger partial charge in [-0.15, -0.1) is 0 Å². The van der Waals surface area contributed by atoms with Gasteiger partial charge in [-0.25, -0.2) is 4.79 Å². The molecule has 3 atom stereocenters. The van der Waals surface area contributed by atoms with Gasteiger partial charge < -0.3 is 19.3 Å². The zero-order valence-corrected chi connectivity index (χ0v) is 25.0. The Labute approximate surface area is 261 Å². The van der Waals surface area contributed by atoms with Crippen molar-refractivity contribution in [3.05, 3.63) is 70.8 Å². The minimum absolute atomic E-state index is 0.00126. The summed E-state index contributed by atoms with van der Waals surface area (Å²) in [5, 5.41) is 0. The van der Waals surface area contributed by atoms with E-state index in [9.17, 15) is 40.7 Å². The van der Waals surface area contributed by atoms with Gasteiger partial charge in [0.2, 0.25) is 11.8 Å². The first-order valence-corrected chi connectivity index (χ1v) is 14.9. The summed E-state index contributed by atoms with van der Waals surface area (Å²) in [4.78, 5) is 46.9. The van der Waals surface area contributed by atoms with Gasteiger partial charge >= 0.3 is 18.4 Å². The number of hydrogen-bond donors (Lipinski definition) is 0. The monoisotopic (exact) mass is 656 g/mol. The standard InChI is InChI=1S/C31H34F6N4O5/c1-20-28(43)39(8-7-38-9-11-45-12-10-38)18-26-40(20)27(42)17-25(15-21-5-3-2-4-6-21)41(26)29(44)46-19-22-13-23(30(32,33)34)16-24(14-22)31(35,36)37/h2-6,13-14,16,20,25-26H,7-12,15,17-19H2,1H3/t20-,25?,26?/m0/s1. The molecule has 0 bridgehead atoms. The second kappa shape index (κ2) is 13.5. The lowest BCUT2D eigenvalue weighted by atomic mass is 9.95. The molecule has 2 aromatic rings. The van der Waals surface area contributed by atoms with Crippen LogP contribution < -0.4 is 0 Å². The van der Waals surface area contributed by atoms with Gasteiger partial charge in [0.05, 0.1) is 30.9 Å². The molecule has 15 heteroatoms. The highest BCUT2D eigenvalue weighted by atomic mass is 19.4. The lowest BCUT2D eigenvalue weighted by Gasteiger charge is -2.53. The summed E-state index contributed by atoms with van der Waals surface area (Å²) >= 11 is 0. The topological polar surface area (TPSA) is 82.6 Å². The number of halogens is 6. The minimum atomic E-state index is -5.07. The molecule has 0 N–H and O–H groups in total. The number of amides is 3. The molecule has 0 saturated carbocycles. The predicted molar refractivity (Wildman–Crippen MR) is 151 cm³/mol. The van der Waals surface area contributed by atoms with Crippen LogP contribution in [0.25, 0.3) is 0 Å². The number of fused-ring (bicyclic) bond motifs is 1. The molecule has 3 aliphatic rings. The van der Waals surface area contributed by atoms with Crippen molar-refractivity contribution in [1.29, 1.82) is 0 Å². The molecule has 9 nitrogen and oxygen atoms in total. The van der Waals surface area contributed by atoms with Crippen molar-refractivity contribution in [1.82, 2.24) is 19.6 Å². The largest absolute Gasteiger partial charge is 0.444 e. The van der Waals surface area contributed by atoms with E-state index in [4.69, 9.17) is 9.47 Å². The van der Waals surface area contributed by atoms with Crippen LogP contribution in [0.3, 0.4) is 0 Å². The predicted octanol–water partition coefficient (Wildman–Crippen LogP) is 4.40. The number of alkyl halides is 6. The van der Waals surface area contributed by atoms with Crippen molar-refractivity contribution in [2.45, 2.75) is 57.0 Å². The molecular weight excluding hydrogens is 622 g/mol. The number of carbonyl (C=O) groups is 3. The van der Waals surface area contributed by atoms with Gasteiger partial charge in [-0.05, 0) is 42.7 Å². The van der Waals surface area contributed by atoms with Crippen LogP contribution in [-0.2, 0) is 44.4 Å². The lowest BCUT2D eigenvalue weighted by Crippen LogP contribution is -2.73. The maximum atomic E-state index is 13.8. The summed E-state index contributed by atoms with van der Waals surface area (Å²) in [7, 11) is 0. The first-order valence-electron chi connectivity index (χ1n) is 14.9. The Morgan fingerprint density at radius 1 is 0.913 bits per heavy atom. The third-order valence-corrected chi connectivity index (χ3v) is 8.53. The van der Waals surface area contributed by atoms with Crippen molar-refractivity contribution < 1.29 is 50.2 Å². The van der Waals surface area contributed by atoms with E-state index in [1.54, 1.807) is 30.0 Å². The molecular formula is C31H34F6N4O5. The van der Waals surface area contributed by atoms with E-state index in [2.05, 4.69) is 4.90 Å². The smallest absolute Gasteiger partial charge is 0.416 e. The first kappa shape index (κ1) is 33.5. The van der Waals surface area contributed by atoms with Gasteiger partial charge in [0.25, 0.3) is 0 Å². The molecule has 3 aliphatic heterocycles.